The van der Waals surface area contributed by atoms with Gasteiger partial charge in [0, 0.05) is 18.1 Å². The van der Waals surface area contributed by atoms with Crippen molar-refractivity contribution in [1.82, 2.24) is 4.90 Å². The van der Waals surface area contributed by atoms with Crippen LogP contribution in [0.5, 0.6) is 0 Å². The summed E-state index contributed by atoms with van der Waals surface area (Å²) in [6.07, 6.45) is 0.391. The Morgan fingerprint density at radius 3 is 2.71 bits per heavy atom. The molecular weight excluding hydrogens is 288 g/mol. The van der Waals surface area contributed by atoms with E-state index < -0.39 is 11.1 Å². The molecule has 1 atom stereocenters. The minimum absolute atomic E-state index is 0.311. The van der Waals surface area contributed by atoms with Crippen LogP contribution in [0.4, 0.5) is 4.79 Å². The average molecular weight is 311 g/mol. The molecule has 0 bridgehead atoms. The standard InChI is InChI=1S/C16H23ClN2O2/c1-11-12(6-5-7-13(11)17)16(18)8-9-19(10-16)14(20)21-15(2,3)4/h5-7H,8-10,18H2,1-4H3/t16-/m1/s1. The lowest BCUT2D eigenvalue weighted by atomic mass is 9.87. The van der Waals surface area contributed by atoms with Crippen LogP contribution >= 0.6 is 11.6 Å². The molecule has 1 saturated heterocycles. The van der Waals surface area contributed by atoms with E-state index >= 15 is 0 Å². The molecule has 0 aromatic heterocycles. The van der Waals surface area contributed by atoms with Gasteiger partial charge in [0.25, 0.3) is 0 Å². The lowest BCUT2D eigenvalue weighted by Gasteiger charge is -2.28. The molecule has 1 fully saturated rings. The first-order valence-electron chi connectivity index (χ1n) is 7.15. The monoisotopic (exact) mass is 310 g/mol. The van der Waals surface area contributed by atoms with Crippen LogP contribution in [0.3, 0.4) is 0 Å². The number of hydrogen-bond acceptors (Lipinski definition) is 3. The normalized spacial score (nSPS) is 22.5. The summed E-state index contributed by atoms with van der Waals surface area (Å²) in [6.45, 7) is 8.58. The number of carbonyl (C=O) groups is 1. The van der Waals surface area contributed by atoms with E-state index in [0.29, 0.717) is 24.5 Å². The second kappa shape index (κ2) is 5.50. The Labute approximate surface area is 131 Å². The topological polar surface area (TPSA) is 55.6 Å². The number of hydrogen-bond donors (Lipinski definition) is 1. The lowest BCUT2D eigenvalue weighted by Crippen LogP contribution is -2.43. The van der Waals surface area contributed by atoms with E-state index in [1.165, 1.54) is 0 Å². The molecule has 0 unspecified atom stereocenters. The average Bonchev–Trinajstić information content (AvgIpc) is 2.74. The van der Waals surface area contributed by atoms with Gasteiger partial charge in [0.05, 0.1) is 5.54 Å². The van der Waals surface area contributed by atoms with Crippen LogP contribution in [-0.4, -0.2) is 29.7 Å². The van der Waals surface area contributed by atoms with E-state index in [9.17, 15) is 4.79 Å². The molecular formula is C16H23ClN2O2. The SMILES string of the molecule is Cc1c(Cl)cccc1[C@@]1(N)CCN(C(=O)OC(C)(C)C)C1. The van der Waals surface area contributed by atoms with Gasteiger partial charge in [-0.05, 0) is 51.3 Å². The van der Waals surface area contributed by atoms with Gasteiger partial charge >= 0.3 is 6.09 Å². The number of nitrogens with two attached hydrogens (primary N) is 1. The third-order valence-corrected chi connectivity index (χ3v) is 4.17. The van der Waals surface area contributed by atoms with Crippen molar-refractivity contribution in [3.8, 4) is 0 Å². The minimum atomic E-state index is -0.564. The van der Waals surface area contributed by atoms with E-state index in [-0.39, 0.29) is 6.09 Å². The molecule has 2 rings (SSSR count). The molecule has 116 valence electrons. The Hall–Kier alpha value is -1.26. The van der Waals surface area contributed by atoms with Gasteiger partial charge in [-0.2, -0.15) is 0 Å². The van der Waals surface area contributed by atoms with Crippen molar-refractivity contribution in [2.45, 2.75) is 45.3 Å². The Bertz CT molecular complexity index is 554. The van der Waals surface area contributed by atoms with Crippen LogP contribution in [0.15, 0.2) is 18.2 Å². The Kier molecular flexibility index (Phi) is 4.22. The van der Waals surface area contributed by atoms with Crippen LogP contribution in [0.2, 0.25) is 5.02 Å². The highest BCUT2D eigenvalue weighted by molar-refractivity contribution is 6.31. The summed E-state index contributed by atoms with van der Waals surface area (Å²) in [7, 11) is 0. The molecule has 1 aromatic carbocycles. The van der Waals surface area contributed by atoms with Crippen molar-refractivity contribution in [2.24, 2.45) is 5.73 Å². The number of benzene rings is 1. The second-order valence-electron chi connectivity index (χ2n) is 6.72. The molecule has 0 spiro atoms. The Morgan fingerprint density at radius 2 is 2.10 bits per heavy atom. The predicted octanol–water partition coefficient (Wildman–Crippen LogP) is 3.44. The fourth-order valence-corrected chi connectivity index (χ4v) is 2.86. The van der Waals surface area contributed by atoms with Crippen LogP contribution in [0, 0.1) is 6.92 Å². The van der Waals surface area contributed by atoms with Crippen molar-refractivity contribution in [3.05, 3.63) is 34.3 Å². The first-order valence-corrected chi connectivity index (χ1v) is 7.53. The number of nitrogens with zero attached hydrogens (tertiary/aromatic N) is 1. The van der Waals surface area contributed by atoms with E-state index in [0.717, 1.165) is 11.1 Å². The largest absolute Gasteiger partial charge is 0.444 e. The molecule has 0 saturated carbocycles. The van der Waals surface area contributed by atoms with E-state index in [1.807, 2.05) is 45.9 Å². The smallest absolute Gasteiger partial charge is 0.410 e. The maximum atomic E-state index is 12.2. The van der Waals surface area contributed by atoms with Gasteiger partial charge in [0.2, 0.25) is 0 Å². The van der Waals surface area contributed by atoms with Crippen molar-refractivity contribution >= 4 is 17.7 Å². The summed E-state index contributed by atoms with van der Waals surface area (Å²) < 4.78 is 5.41. The van der Waals surface area contributed by atoms with Gasteiger partial charge in [-0.3, -0.25) is 0 Å². The number of halogens is 1. The molecule has 1 amide bonds. The van der Waals surface area contributed by atoms with Crippen molar-refractivity contribution in [3.63, 3.8) is 0 Å². The molecule has 21 heavy (non-hydrogen) atoms. The summed E-state index contributed by atoms with van der Waals surface area (Å²) in [6, 6.07) is 5.74. The highest BCUT2D eigenvalue weighted by atomic mass is 35.5. The Balaban J connectivity index is 2.17. The summed E-state index contributed by atoms with van der Waals surface area (Å²) in [5.74, 6) is 0. The Morgan fingerprint density at radius 1 is 1.43 bits per heavy atom. The van der Waals surface area contributed by atoms with Crippen molar-refractivity contribution in [2.75, 3.05) is 13.1 Å². The molecule has 0 aliphatic carbocycles. The van der Waals surface area contributed by atoms with Crippen LogP contribution in [0.25, 0.3) is 0 Å². The number of amides is 1. The van der Waals surface area contributed by atoms with Crippen molar-refractivity contribution in [1.29, 1.82) is 0 Å². The third-order valence-electron chi connectivity index (χ3n) is 3.76. The number of rotatable bonds is 1. The van der Waals surface area contributed by atoms with Crippen molar-refractivity contribution < 1.29 is 9.53 Å². The van der Waals surface area contributed by atoms with Gasteiger partial charge in [-0.15, -0.1) is 0 Å². The van der Waals surface area contributed by atoms with Crippen LogP contribution < -0.4 is 5.73 Å². The van der Waals surface area contributed by atoms with E-state index in [4.69, 9.17) is 22.1 Å². The molecule has 1 heterocycles. The van der Waals surface area contributed by atoms with E-state index in [2.05, 4.69) is 0 Å². The minimum Gasteiger partial charge on any atom is -0.444 e. The quantitative estimate of drug-likeness (QED) is 0.864. The molecule has 5 heteroatoms. The number of carbonyl (C=O) groups excluding carboxylic acids is 1. The fraction of sp³-hybridized carbons (Fsp3) is 0.562. The second-order valence-corrected chi connectivity index (χ2v) is 7.13. The van der Waals surface area contributed by atoms with Crippen LogP contribution in [-0.2, 0) is 10.3 Å². The highest BCUT2D eigenvalue weighted by Gasteiger charge is 2.40. The van der Waals surface area contributed by atoms with Gasteiger partial charge < -0.3 is 15.4 Å². The summed E-state index contributed by atoms with van der Waals surface area (Å²) in [5, 5.41) is 0.702. The van der Waals surface area contributed by atoms with Crippen LogP contribution in [0.1, 0.15) is 38.3 Å². The molecule has 4 nitrogen and oxygen atoms in total. The highest BCUT2D eigenvalue weighted by Crippen LogP contribution is 2.34. The maximum absolute atomic E-state index is 12.2. The number of likely N-dealkylation sites (tertiary alicyclic amines) is 1. The molecule has 1 aliphatic rings. The summed E-state index contributed by atoms with van der Waals surface area (Å²) in [5.41, 5.74) is 7.45. The third kappa shape index (κ3) is 3.50. The van der Waals surface area contributed by atoms with Gasteiger partial charge in [-0.25, -0.2) is 4.79 Å². The molecule has 1 aromatic rings. The zero-order chi connectivity index (χ0) is 15.8. The first-order chi connectivity index (χ1) is 9.62. The molecule has 0 radical (unpaired) electrons. The maximum Gasteiger partial charge on any atom is 0.410 e. The molecule has 1 aliphatic heterocycles. The van der Waals surface area contributed by atoms with E-state index in [1.54, 1.807) is 4.90 Å². The summed E-state index contributed by atoms with van der Waals surface area (Å²) in [4.78, 5) is 13.8. The lowest BCUT2D eigenvalue weighted by molar-refractivity contribution is 0.0284. The predicted molar refractivity (Wildman–Crippen MR) is 84.5 cm³/mol. The zero-order valence-electron chi connectivity index (χ0n) is 13.1. The van der Waals surface area contributed by atoms with Gasteiger partial charge in [0.1, 0.15) is 5.60 Å². The van der Waals surface area contributed by atoms with Gasteiger partial charge in [-0.1, -0.05) is 23.7 Å². The van der Waals surface area contributed by atoms with Gasteiger partial charge in [0.15, 0.2) is 0 Å². The number of ether oxygens (including phenoxy) is 1. The molecule has 2 N–H and O–H groups in total. The summed E-state index contributed by atoms with van der Waals surface area (Å²) >= 11 is 6.18. The first kappa shape index (κ1) is 16.1. The zero-order valence-corrected chi connectivity index (χ0v) is 13.8. The fourth-order valence-electron chi connectivity index (χ4n) is 2.68.